The summed E-state index contributed by atoms with van der Waals surface area (Å²) in [7, 11) is -1.87. The lowest BCUT2D eigenvalue weighted by Crippen LogP contribution is -2.27. The molecular formula is C33H39N3O4S. The molecule has 7 nitrogen and oxygen atoms in total. The molecule has 2 N–H and O–H groups in total. The summed E-state index contributed by atoms with van der Waals surface area (Å²) in [6.45, 7) is 4.83. The van der Waals surface area contributed by atoms with E-state index in [9.17, 15) is 13.2 Å². The number of rotatable bonds is 10. The third-order valence-corrected chi connectivity index (χ3v) is 9.44. The number of hydrogen-bond acceptors (Lipinski definition) is 5. The van der Waals surface area contributed by atoms with Gasteiger partial charge in [0.25, 0.3) is 15.9 Å². The standard InChI is InChI=1S/C33H39N3O4S/c1-4-21-36(3)33(37)25-15-17-26(18-16-25)34-31(24-11-7-5-8-12-24)32-23(2)29-22-27(19-20-30(29)40-32)35-41(38,39)28-13-9-6-10-14-28/h6,9-10,13-20,22,24,31,34-35H,4-5,7-8,11-12,21H2,1-3H3. The minimum atomic E-state index is -3.70. The Balaban J connectivity index is 1.43. The van der Waals surface area contributed by atoms with E-state index in [1.807, 2.05) is 50.4 Å². The Hall–Kier alpha value is -3.78. The summed E-state index contributed by atoms with van der Waals surface area (Å²) in [4.78, 5) is 14.7. The van der Waals surface area contributed by atoms with Crippen LogP contribution < -0.4 is 10.0 Å². The van der Waals surface area contributed by atoms with Crippen molar-refractivity contribution < 1.29 is 17.6 Å². The second-order valence-electron chi connectivity index (χ2n) is 11.0. The number of fused-ring (bicyclic) bond motifs is 1. The van der Waals surface area contributed by atoms with Gasteiger partial charge in [-0.3, -0.25) is 9.52 Å². The van der Waals surface area contributed by atoms with Gasteiger partial charge in [0, 0.05) is 41.5 Å². The van der Waals surface area contributed by atoms with E-state index in [1.54, 1.807) is 41.3 Å². The zero-order valence-electron chi connectivity index (χ0n) is 24.0. The maximum absolute atomic E-state index is 12.9. The van der Waals surface area contributed by atoms with Crippen molar-refractivity contribution >= 4 is 38.3 Å². The van der Waals surface area contributed by atoms with Crippen LogP contribution in [0.4, 0.5) is 11.4 Å². The van der Waals surface area contributed by atoms with Crippen molar-refractivity contribution in [3.05, 3.63) is 89.7 Å². The highest BCUT2D eigenvalue weighted by Crippen LogP contribution is 2.41. The Morgan fingerprint density at radius 2 is 1.66 bits per heavy atom. The molecule has 41 heavy (non-hydrogen) atoms. The van der Waals surface area contributed by atoms with E-state index in [0.717, 1.165) is 53.8 Å². The van der Waals surface area contributed by atoms with Gasteiger partial charge in [0.15, 0.2) is 0 Å². The molecule has 0 saturated heterocycles. The van der Waals surface area contributed by atoms with Crippen molar-refractivity contribution in [1.82, 2.24) is 4.90 Å². The summed E-state index contributed by atoms with van der Waals surface area (Å²) in [5.41, 5.74) is 3.82. The number of aryl methyl sites for hydroxylation is 1. The van der Waals surface area contributed by atoms with E-state index in [2.05, 4.69) is 17.0 Å². The first kappa shape index (κ1) is 28.7. The van der Waals surface area contributed by atoms with Crippen LogP contribution in [-0.2, 0) is 10.0 Å². The number of benzene rings is 3. The Bertz CT molecular complexity index is 1590. The molecule has 1 fully saturated rings. The lowest BCUT2D eigenvalue weighted by Gasteiger charge is -2.31. The van der Waals surface area contributed by atoms with Crippen molar-refractivity contribution in [3.63, 3.8) is 0 Å². The van der Waals surface area contributed by atoms with E-state index in [-0.39, 0.29) is 16.8 Å². The number of furan rings is 1. The van der Waals surface area contributed by atoms with Crippen LogP contribution in [-0.4, -0.2) is 32.8 Å². The Morgan fingerprint density at radius 3 is 2.34 bits per heavy atom. The molecule has 1 aliphatic carbocycles. The van der Waals surface area contributed by atoms with Gasteiger partial charge in [-0.05, 0) is 86.7 Å². The first-order valence-electron chi connectivity index (χ1n) is 14.5. The van der Waals surface area contributed by atoms with Gasteiger partial charge in [-0.25, -0.2) is 8.42 Å². The van der Waals surface area contributed by atoms with Gasteiger partial charge < -0.3 is 14.6 Å². The number of nitrogens with one attached hydrogen (secondary N) is 2. The molecule has 0 bridgehead atoms. The summed E-state index contributed by atoms with van der Waals surface area (Å²) < 4.78 is 35.0. The average molecular weight is 574 g/mol. The van der Waals surface area contributed by atoms with Crippen LogP contribution in [0.3, 0.4) is 0 Å². The number of anilines is 2. The monoisotopic (exact) mass is 573 g/mol. The lowest BCUT2D eigenvalue weighted by molar-refractivity contribution is 0.0795. The van der Waals surface area contributed by atoms with Crippen LogP contribution in [0.2, 0.25) is 0 Å². The van der Waals surface area contributed by atoms with E-state index in [1.165, 1.54) is 19.3 Å². The Labute approximate surface area is 243 Å². The van der Waals surface area contributed by atoms with Crippen LogP contribution >= 0.6 is 0 Å². The molecule has 5 rings (SSSR count). The highest BCUT2D eigenvalue weighted by Gasteiger charge is 2.30. The number of carbonyl (C=O) groups is 1. The van der Waals surface area contributed by atoms with Gasteiger partial charge in [-0.1, -0.05) is 44.4 Å². The number of sulfonamides is 1. The zero-order valence-corrected chi connectivity index (χ0v) is 24.8. The molecule has 1 heterocycles. The van der Waals surface area contributed by atoms with Crippen molar-refractivity contribution in [3.8, 4) is 0 Å². The largest absolute Gasteiger partial charge is 0.459 e. The predicted molar refractivity (Wildman–Crippen MR) is 165 cm³/mol. The normalized spacial score (nSPS) is 15.0. The Kier molecular flexibility index (Phi) is 8.68. The SMILES string of the molecule is CCCN(C)C(=O)c1ccc(NC(c2oc3ccc(NS(=O)(=O)c4ccccc4)cc3c2C)C2CCCCC2)cc1. The molecule has 8 heteroatoms. The first-order chi connectivity index (χ1) is 19.8. The molecule has 0 spiro atoms. The summed E-state index contributed by atoms with van der Waals surface area (Å²) >= 11 is 0. The van der Waals surface area contributed by atoms with Gasteiger partial charge in [-0.15, -0.1) is 0 Å². The molecule has 1 saturated carbocycles. The van der Waals surface area contributed by atoms with Crippen LogP contribution in [0.25, 0.3) is 11.0 Å². The van der Waals surface area contributed by atoms with Crippen molar-refractivity contribution in [1.29, 1.82) is 0 Å². The third kappa shape index (κ3) is 6.43. The minimum absolute atomic E-state index is 0.0223. The molecular weight excluding hydrogens is 534 g/mol. The molecule has 1 unspecified atom stereocenters. The summed E-state index contributed by atoms with van der Waals surface area (Å²) in [6.07, 6.45) is 6.75. The number of carbonyl (C=O) groups excluding carboxylic acids is 1. The smallest absolute Gasteiger partial charge is 0.261 e. The molecule has 1 atom stereocenters. The molecule has 1 aliphatic rings. The van der Waals surface area contributed by atoms with Crippen molar-refractivity contribution in [2.75, 3.05) is 23.6 Å². The number of hydrogen-bond donors (Lipinski definition) is 2. The molecule has 3 aromatic carbocycles. The lowest BCUT2D eigenvalue weighted by atomic mass is 9.82. The van der Waals surface area contributed by atoms with Crippen LogP contribution in [0.15, 0.2) is 82.1 Å². The van der Waals surface area contributed by atoms with Gasteiger partial charge in [0.1, 0.15) is 11.3 Å². The quantitative estimate of drug-likeness (QED) is 0.202. The number of amides is 1. The maximum Gasteiger partial charge on any atom is 0.261 e. The fourth-order valence-corrected chi connectivity index (χ4v) is 6.90. The van der Waals surface area contributed by atoms with Gasteiger partial charge in [0.05, 0.1) is 10.9 Å². The first-order valence-corrected chi connectivity index (χ1v) is 16.0. The average Bonchev–Trinajstić information content (AvgIpc) is 3.32. The van der Waals surface area contributed by atoms with Crippen LogP contribution in [0, 0.1) is 12.8 Å². The molecule has 1 amide bonds. The number of nitrogens with zero attached hydrogens (tertiary/aromatic N) is 1. The Morgan fingerprint density at radius 1 is 0.976 bits per heavy atom. The van der Waals surface area contributed by atoms with Gasteiger partial charge in [0.2, 0.25) is 0 Å². The molecule has 0 radical (unpaired) electrons. The van der Waals surface area contributed by atoms with Crippen LogP contribution in [0.1, 0.15) is 73.2 Å². The van der Waals surface area contributed by atoms with Gasteiger partial charge in [-0.2, -0.15) is 0 Å². The summed E-state index contributed by atoms with van der Waals surface area (Å²) in [6, 6.07) is 21.4. The minimum Gasteiger partial charge on any atom is -0.459 e. The highest BCUT2D eigenvalue weighted by molar-refractivity contribution is 7.92. The van der Waals surface area contributed by atoms with E-state index >= 15 is 0 Å². The van der Waals surface area contributed by atoms with Gasteiger partial charge >= 0.3 is 0 Å². The molecule has 1 aromatic heterocycles. The fraction of sp³-hybridized carbons (Fsp3) is 0.364. The zero-order chi connectivity index (χ0) is 29.0. The molecule has 0 aliphatic heterocycles. The third-order valence-electron chi connectivity index (χ3n) is 8.04. The molecule has 216 valence electrons. The van der Waals surface area contributed by atoms with E-state index in [4.69, 9.17) is 4.42 Å². The van der Waals surface area contributed by atoms with E-state index in [0.29, 0.717) is 17.2 Å². The summed E-state index contributed by atoms with van der Waals surface area (Å²) in [5, 5.41) is 4.62. The maximum atomic E-state index is 12.9. The fourth-order valence-electron chi connectivity index (χ4n) is 5.82. The summed E-state index contributed by atoms with van der Waals surface area (Å²) in [5.74, 6) is 1.29. The second-order valence-corrected chi connectivity index (χ2v) is 12.7. The molecule has 4 aromatic rings. The predicted octanol–water partition coefficient (Wildman–Crippen LogP) is 7.76. The highest BCUT2D eigenvalue weighted by atomic mass is 32.2. The topological polar surface area (TPSA) is 91.7 Å². The van der Waals surface area contributed by atoms with Crippen molar-refractivity contribution in [2.24, 2.45) is 5.92 Å². The van der Waals surface area contributed by atoms with Crippen LogP contribution in [0.5, 0.6) is 0 Å². The second kappa shape index (κ2) is 12.4. The van der Waals surface area contributed by atoms with Crippen molar-refractivity contribution in [2.45, 2.75) is 63.3 Å². The van der Waals surface area contributed by atoms with E-state index < -0.39 is 10.0 Å².